The summed E-state index contributed by atoms with van der Waals surface area (Å²) in [6, 6.07) is 4.00. The Kier molecular flexibility index (Phi) is 4.06. The number of alkyl halides is 3. The van der Waals surface area contributed by atoms with Gasteiger partial charge in [-0.3, -0.25) is 4.98 Å². The minimum absolute atomic E-state index is 0.00336. The minimum Gasteiger partial charge on any atom is -0.362 e. The van der Waals surface area contributed by atoms with Crippen molar-refractivity contribution in [3.63, 3.8) is 0 Å². The van der Waals surface area contributed by atoms with Crippen molar-refractivity contribution in [2.45, 2.75) is 12.7 Å². The number of aryl methyl sites for hydroxylation is 1. The first-order chi connectivity index (χ1) is 11.4. The molecule has 124 valence electrons. The highest BCUT2D eigenvalue weighted by Crippen LogP contribution is 2.30. The molecule has 0 aromatic carbocycles. The van der Waals surface area contributed by atoms with Gasteiger partial charge in [-0.05, 0) is 17.3 Å². The summed E-state index contributed by atoms with van der Waals surface area (Å²) in [7, 11) is 1.59. The van der Waals surface area contributed by atoms with Crippen LogP contribution in [0.15, 0.2) is 30.6 Å². The molecule has 0 aliphatic rings. The SMILES string of the molecule is Cn1nnc(CNc2cc(C(F)(F)F)nc(-c3cccnc3)n2)n1. The van der Waals surface area contributed by atoms with E-state index >= 15 is 0 Å². The maximum atomic E-state index is 13.1. The van der Waals surface area contributed by atoms with E-state index in [1.807, 2.05) is 0 Å². The third kappa shape index (κ3) is 3.62. The van der Waals surface area contributed by atoms with Crippen LogP contribution < -0.4 is 5.32 Å². The first-order valence-corrected chi connectivity index (χ1v) is 6.75. The molecular formula is C13H11F3N8. The van der Waals surface area contributed by atoms with Crippen molar-refractivity contribution in [1.29, 1.82) is 0 Å². The molecule has 0 saturated carbocycles. The number of hydrogen-bond acceptors (Lipinski definition) is 7. The Labute approximate surface area is 133 Å². The molecular weight excluding hydrogens is 325 g/mol. The van der Waals surface area contributed by atoms with Crippen LogP contribution in [0.2, 0.25) is 0 Å². The zero-order valence-electron chi connectivity index (χ0n) is 12.4. The fraction of sp³-hybridized carbons (Fsp3) is 0.231. The predicted molar refractivity (Wildman–Crippen MR) is 76.4 cm³/mol. The van der Waals surface area contributed by atoms with Crippen molar-refractivity contribution in [2.75, 3.05) is 5.32 Å². The van der Waals surface area contributed by atoms with Crippen LogP contribution in [-0.4, -0.2) is 35.2 Å². The molecule has 24 heavy (non-hydrogen) atoms. The molecule has 3 heterocycles. The number of anilines is 1. The molecule has 0 unspecified atom stereocenters. The van der Waals surface area contributed by atoms with Crippen LogP contribution >= 0.6 is 0 Å². The maximum Gasteiger partial charge on any atom is 0.433 e. The molecule has 0 aliphatic carbocycles. The van der Waals surface area contributed by atoms with Gasteiger partial charge >= 0.3 is 6.18 Å². The molecule has 8 nitrogen and oxygen atoms in total. The zero-order valence-corrected chi connectivity index (χ0v) is 12.4. The van der Waals surface area contributed by atoms with Crippen LogP contribution in [0.4, 0.5) is 19.0 Å². The van der Waals surface area contributed by atoms with Gasteiger partial charge in [-0.15, -0.1) is 10.2 Å². The van der Waals surface area contributed by atoms with E-state index in [1.165, 1.54) is 17.2 Å². The monoisotopic (exact) mass is 336 g/mol. The summed E-state index contributed by atoms with van der Waals surface area (Å²) in [6.45, 7) is 0.0780. The van der Waals surface area contributed by atoms with Gasteiger partial charge in [0, 0.05) is 24.0 Å². The summed E-state index contributed by atoms with van der Waals surface area (Å²) in [5.74, 6) is 0.253. The fourth-order valence-corrected chi connectivity index (χ4v) is 1.87. The second-order valence-electron chi connectivity index (χ2n) is 4.75. The molecule has 0 spiro atoms. The molecule has 11 heteroatoms. The Morgan fingerprint density at radius 2 is 2.08 bits per heavy atom. The Bertz CT molecular complexity index is 831. The maximum absolute atomic E-state index is 13.1. The molecule has 0 bridgehead atoms. The molecule has 1 N–H and O–H groups in total. The van der Waals surface area contributed by atoms with Crippen molar-refractivity contribution < 1.29 is 13.2 Å². The number of nitrogens with zero attached hydrogens (tertiary/aromatic N) is 7. The zero-order chi connectivity index (χ0) is 17.2. The molecule has 0 radical (unpaired) electrons. The second-order valence-corrected chi connectivity index (χ2v) is 4.75. The average Bonchev–Trinajstić information content (AvgIpc) is 2.98. The highest BCUT2D eigenvalue weighted by Gasteiger charge is 2.33. The molecule has 0 aliphatic heterocycles. The largest absolute Gasteiger partial charge is 0.433 e. The summed E-state index contributed by atoms with van der Waals surface area (Å²) in [5.41, 5.74) is -0.671. The normalized spacial score (nSPS) is 11.5. The second kappa shape index (κ2) is 6.18. The van der Waals surface area contributed by atoms with Crippen LogP contribution in [0.5, 0.6) is 0 Å². The average molecular weight is 336 g/mol. The lowest BCUT2D eigenvalue weighted by atomic mass is 10.2. The third-order valence-corrected chi connectivity index (χ3v) is 2.91. The van der Waals surface area contributed by atoms with Gasteiger partial charge in [0.15, 0.2) is 17.3 Å². The number of nitrogens with one attached hydrogen (secondary N) is 1. The van der Waals surface area contributed by atoms with Gasteiger partial charge in [-0.25, -0.2) is 9.97 Å². The van der Waals surface area contributed by atoms with E-state index in [2.05, 4.69) is 35.7 Å². The molecule has 0 atom stereocenters. The fourth-order valence-electron chi connectivity index (χ4n) is 1.87. The van der Waals surface area contributed by atoms with E-state index in [9.17, 15) is 13.2 Å². The Hall–Kier alpha value is -3.11. The molecule has 3 rings (SSSR count). The Morgan fingerprint density at radius 1 is 1.25 bits per heavy atom. The predicted octanol–water partition coefficient (Wildman–Crippen LogP) is 1.69. The van der Waals surface area contributed by atoms with Crippen LogP contribution in [0, 0.1) is 0 Å². The van der Waals surface area contributed by atoms with E-state index in [-0.39, 0.29) is 18.2 Å². The first-order valence-electron chi connectivity index (χ1n) is 6.75. The van der Waals surface area contributed by atoms with Gasteiger partial charge in [-0.2, -0.15) is 18.0 Å². The lowest BCUT2D eigenvalue weighted by Gasteiger charge is -2.11. The van der Waals surface area contributed by atoms with Crippen molar-refractivity contribution in [3.8, 4) is 11.4 Å². The van der Waals surface area contributed by atoms with E-state index < -0.39 is 11.9 Å². The molecule has 3 aromatic heterocycles. The van der Waals surface area contributed by atoms with Crippen LogP contribution in [0.1, 0.15) is 11.5 Å². The highest BCUT2D eigenvalue weighted by atomic mass is 19.4. The topological polar surface area (TPSA) is 94.3 Å². The van der Waals surface area contributed by atoms with Crippen molar-refractivity contribution in [3.05, 3.63) is 42.1 Å². The van der Waals surface area contributed by atoms with E-state index in [1.54, 1.807) is 19.2 Å². The smallest absolute Gasteiger partial charge is 0.362 e. The summed E-state index contributed by atoms with van der Waals surface area (Å²) < 4.78 is 39.2. The first kappa shape index (κ1) is 15.8. The quantitative estimate of drug-likeness (QED) is 0.775. The molecule has 0 amide bonds. The van der Waals surface area contributed by atoms with Gasteiger partial charge in [0.2, 0.25) is 0 Å². The van der Waals surface area contributed by atoms with Crippen LogP contribution in [0.25, 0.3) is 11.4 Å². The van der Waals surface area contributed by atoms with Gasteiger partial charge in [0.05, 0.1) is 13.6 Å². The van der Waals surface area contributed by atoms with Crippen molar-refractivity contribution in [1.82, 2.24) is 35.2 Å². The minimum atomic E-state index is -4.60. The number of tetrazole rings is 1. The number of rotatable bonds is 4. The molecule has 3 aromatic rings. The van der Waals surface area contributed by atoms with Crippen LogP contribution in [-0.2, 0) is 19.8 Å². The number of pyridine rings is 1. The van der Waals surface area contributed by atoms with Gasteiger partial charge in [0.1, 0.15) is 5.82 Å². The summed E-state index contributed by atoms with van der Waals surface area (Å²) >= 11 is 0. The standard InChI is InChI=1S/C13H11F3N8/c1-24-22-11(21-23-24)7-18-10-5-9(13(14,15)16)19-12(20-10)8-3-2-4-17-6-8/h2-6H,7H2,1H3,(H,18,19,20). The summed E-state index contributed by atoms with van der Waals surface area (Å²) in [5, 5.41) is 14.1. The number of aromatic nitrogens is 7. The lowest BCUT2D eigenvalue weighted by Crippen LogP contribution is -2.12. The number of hydrogen-bond donors (Lipinski definition) is 1. The molecule has 0 saturated heterocycles. The Morgan fingerprint density at radius 3 is 2.71 bits per heavy atom. The van der Waals surface area contributed by atoms with E-state index in [4.69, 9.17) is 0 Å². The number of halogens is 3. The van der Waals surface area contributed by atoms with Crippen molar-refractivity contribution >= 4 is 5.82 Å². The van der Waals surface area contributed by atoms with Gasteiger partial charge < -0.3 is 5.32 Å². The van der Waals surface area contributed by atoms with E-state index in [0.717, 1.165) is 6.07 Å². The Balaban J connectivity index is 1.92. The molecule has 0 fully saturated rings. The highest BCUT2D eigenvalue weighted by molar-refractivity contribution is 5.56. The van der Waals surface area contributed by atoms with E-state index in [0.29, 0.717) is 11.4 Å². The summed E-state index contributed by atoms with van der Waals surface area (Å²) in [6.07, 6.45) is -1.69. The van der Waals surface area contributed by atoms with Crippen molar-refractivity contribution in [2.24, 2.45) is 7.05 Å². The van der Waals surface area contributed by atoms with Crippen LogP contribution in [0.3, 0.4) is 0 Å². The van der Waals surface area contributed by atoms with Gasteiger partial charge in [0.25, 0.3) is 0 Å². The lowest BCUT2D eigenvalue weighted by molar-refractivity contribution is -0.141. The summed E-state index contributed by atoms with van der Waals surface area (Å²) in [4.78, 5) is 12.8. The third-order valence-electron chi connectivity index (χ3n) is 2.91. The van der Waals surface area contributed by atoms with Gasteiger partial charge in [-0.1, -0.05) is 0 Å².